The van der Waals surface area contributed by atoms with E-state index in [9.17, 15) is 0 Å². The number of ether oxygens (including phenoxy) is 2. The van der Waals surface area contributed by atoms with Gasteiger partial charge in [-0.05, 0) is 55.5 Å². The molecule has 1 atom stereocenters. The van der Waals surface area contributed by atoms with E-state index in [1.54, 1.807) is 0 Å². The maximum atomic E-state index is 5.69. The average molecular weight is 366 g/mol. The topological polar surface area (TPSA) is 59.5 Å². The Labute approximate surface area is 159 Å². The fourth-order valence-electron chi connectivity index (χ4n) is 4.15. The lowest BCUT2D eigenvalue weighted by atomic mass is 9.98. The summed E-state index contributed by atoms with van der Waals surface area (Å²) in [4.78, 5) is 2.34. The van der Waals surface area contributed by atoms with Gasteiger partial charge < -0.3 is 19.7 Å². The number of hydrogen-bond donors (Lipinski definition) is 1. The molecule has 3 heterocycles. The molecule has 1 unspecified atom stereocenters. The molecule has 1 N–H and O–H groups in total. The normalized spacial score (nSPS) is 19.5. The van der Waals surface area contributed by atoms with Crippen LogP contribution < -0.4 is 19.7 Å². The molecule has 1 fully saturated rings. The predicted molar refractivity (Wildman–Crippen MR) is 104 cm³/mol. The monoisotopic (exact) mass is 366 g/mol. The number of aromatic nitrogens is 2. The third kappa shape index (κ3) is 3.34. The van der Waals surface area contributed by atoms with Crippen molar-refractivity contribution in [1.29, 1.82) is 0 Å². The minimum atomic E-state index is 0.287. The van der Waals surface area contributed by atoms with Gasteiger partial charge in [0.15, 0.2) is 17.3 Å². The molecule has 6 nitrogen and oxygen atoms in total. The summed E-state index contributed by atoms with van der Waals surface area (Å²) in [7, 11) is 0. The first-order valence-corrected chi connectivity index (χ1v) is 9.99. The van der Waals surface area contributed by atoms with Gasteiger partial charge in [0.25, 0.3) is 0 Å². The first-order valence-electron chi connectivity index (χ1n) is 9.99. The van der Waals surface area contributed by atoms with Crippen LogP contribution in [-0.2, 0) is 12.8 Å². The van der Waals surface area contributed by atoms with E-state index in [2.05, 4.69) is 45.5 Å². The average Bonchev–Trinajstić information content (AvgIpc) is 3.14. The molecule has 1 aromatic heterocycles. The molecular formula is C21H26N4O2. The van der Waals surface area contributed by atoms with E-state index >= 15 is 0 Å². The number of hydrogen-bond acceptors (Lipinski definition) is 6. The SMILES string of the molecule is CC(NCC1CN(c2cc3c(nn2)CCC3)C1)c1ccc2c(c1)OCCO2. The van der Waals surface area contributed by atoms with Gasteiger partial charge in [-0.25, -0.2) is 0 Å². The van der Waals surface area contributed by atoms with Crippen LogP contribution in [0.5, 0.6) is 11.5 Å². The standard InChI is InChI=1S/C21H26N4O2/c1-14(16-5-6-19-20(9-16)27-8-7-26-19)22-11-15-12-25(13-15)21-10-17-3-2-4-18(17)23-24-21/h5-6,9-10,14-15,22H,2-4,7-8,11-13H2,1H3. The zero-order valence-corrected chi connectivity index (χ0v) is 15.8. The summed E-state index contributed by atoms with van der Waals surface area (Å²) in [5, 5.41) is 12.5. The third-order valence-electron chi connectivity index (χ3n) is 5.87. The summed E-state index contributed by atoms with van der Waals surface area (Å²) < 4.78 is 11.3. The Hall–Kier alpha value is -2.34. The molecule has 1 aliphatic carbocycles. The van der Waals surface area contributed by atoms with E-state index in [0.717, 1.165) is 49.8 Å². The summed E-state index contributed by atoms with van der Waals surface area (Å²) in [6, 6.07) is 8.77. The fraction of sp³-hybridized carbons (Fsp3) is 0.524. The molecule has 0 saturated carbocycles. The summed E-state index contributed by atoms with van der Waals surface area (Å²) in [5.41, 5.74) is 3.83. The summed E-state index contributed by atoms with van der Waals surface area (Å²) >= 11 is 0. The van der Waals surface area contributed by atoms with E-state index in [1.807, 2.05) is 6.07 Å². The molecule has 3 aliphatic rings. The molecule has 1 aromatic carbocycles. The van der Waals surface area contributed by atoms with E-state index in [0.29, 0.717) is 19.1 Å². The van der Waals surface area contributed by atoms with Crippen LogP contribution in [0.3, 0.4) is 0 Å². The Balaban J connectivity index is 1.13. The maximum Gasteiger partial charge on any atom is 0.161 e. The van der Waals surface area contributed by atoms with Crippen molar-refractivity contribution < 1.29 is 9.47 Å². The maximum absolute atomic E-state index is 5.69. The lowest BCUT2D eigenvalue weighted by Gasteiger charge is -2.40. The Morgan fingerprint density at radius 3 is 2.85 bits per heavy atom. The van der Waals surface area contributed by atoms with Crippen LogP contribution in [0.2, 0.25) is 0 Å². The molecule has 6 heteroatoms. The highest BCUT2D eigenvalue weighted by Crippen LogP contribution is 2.33. The minimum Gasteiger partial charge on any atom is -0.486 e. The smallest absolute Gasteiger partial charge is 0.161 e. The molecular weight excluding hydrogens is 340 g/mol. The van der Waals surface area contributed by atoms with Gasteiger partial charge in [0, 0.05) is 31.6 Å². The van der Waals surface area contributed by atoms with Crippen LogP contribution in [-0.4, -0.2) is 43.0 Å². The van der Waals surface area contributed by atoms with Crippen molar-refractivity contribution in [2.75, 3.05) is 37.7 Å². The highest BCUT2D eigenvalue weighted by Gasteiger charge is 2.29. The molecule has 0 radical (unpaired) electrons. The van der Waals surface area contributed by atoms with Gasteiger partial charge in [-0.1, -0.05) is 6.07 Å². The van der Waals surface area contributed by atoms with Crippen LogP contribution in [0, 0.1) is 5.92 Å². The van der Waals surface area contributed by atoms with Gasteiger partial charge in [-0.15, -0.1) is 5.10 Å². The Morgan fingerprint density at radius 2 is 1.96 bits per heavy atom. The van der Waals surface area contributed by atoms with Crippen molar-refractivity contribution >= 4 is 5.82 Å². The number of fused-ring (bicyclic) bond motifs is 2. The van der Waals surface area contributed by atoms with Crippen LogP contribution in [0.15, 0.2) is 24.3 Å². The molecule has 1 saturated heterocycles. The molecule has 5 rings (SSSR count). The highest BCUT2D eigenvalue weighted by molar-refractivity contribution is 5.46. The quantitative estimate of drug-likeness (QED) is 0.878. The van der Waals surface area contributed by atoms with Crippen molar-refractivity contribution in [2.45, 2.75) is 32.2 Å². The van der Waals surface area contributed by atoms with Crippen molar-refractivity contribution in [3.8, 4) is 11.5 Å². The number of rotatable bonds is 5. The van der Waals surface area contributed by atoms with Crippen molar-refractivity contribution in [2.24, 2.45) is 5.92 Å². The molecule has 27 heavy (non-hydrogen) atoms. The molecule has 2 aliphatic heterocycles. The molecule has 0 amide bonds. The molecule has 2 aromatic rings. The van der Waals surface area contributed by atoms with Gasteiger partial charge in [0.2, 0.25) is 0 Å². The number of nitrogens with one attached hydrogen (secondary N) is 1. The Kier molecular flexibility index (Phi) is 4.36. The van der Waals surface area contributed by atoms with Gasteiger partial charge >= 0.3 is 0 Å². The second-order valence-corrected chi connectivity index (χ2v) is 7.83. The van der Waals surface area contributed by atoms with E-state index in [-0.39, 0.29) is 6.04 Å². The molecule has 142 valence electrons. The van der Waals surface area contributed by atoms with Crippen LogP contribution in [0.4, 0.5) is 5.82 Å². The van der Waals surface area contributed by atoms with Gasteiger partial charge in [0.05, 0.1) is 5.69 Å². The minimum absolute atomic E-state index is 0.287. The third-order valence-corrected chi connectivity index (χ3v) is 5.87. The van der Waals surface area contributed by atoms with Gasteiger partial charge in [-0.2, -0.15) is 5.10 Å². The molecule has 0 bridgehead atoms. The predicted octanol–water partition coefficient (Wildman–Crippen LogP) is 2.52. The van der Waals surface area contributed by atoms with Crippen molar-refractivity contribution in [1.82, 2.24) is 15.5 Å². The van der Waals surface area contributed by atoms with Gasteiger partial charge in [0.1, 0.15) is 13.2 Å². The van der Waals surface area contributed by atoms with Crippen LogP contribution in [0.1, 0.15) is 36.2 Å². The number of anilines is 1. The Morgan fingerprint density at radius 1 is 1.11 bits per heavy atom. The number of aryl methyl sites for hydroxylation is 2. The summed E-state index contributed by atoms with van der Waals surface area (Å²) in [6.07, 6.45) is 3.47. The van der Waals surface area contributed by atoms with Crippen molar-refractivity contribution in [3.63, 3.8) is 0 Å². The number of benzene rings is 1. The second kappa shape index (κ2) is 7.00. The van der Waals surface area contributed by atoms with Crippen LogP contribution >= 0.6 is 0 Å². The van der Waals surface area contributed by atoms with Crippen LogP contribution in [0.25, 0.3) is 0 Å². The van der Waals surface area contributed by atoms with E-state index in [4.69, 9.17) is 9.47 Å². The van der Waals surface area contributed by atoms with E-state index in [1.165, 1.54) is 23.2 Å². The lowest BCUT2D eigenvalue weighted by molar-refractivity contribution is 0.171. The first-order chi connectivity index (χ1) is 13.3. The van der Waals surface area contributed by atoms with E-state index < -0.39 is 0 Å². The fourth-order valence-corrected chi connectivity index (χ4v) is 4.15. The summed E-state index contributed by atoms with van der Waals surface area (Å²) in [5.74, 6) is 3.41. The zero-order chi connectivity index (χ0) is 18.2. The van der Waals surface area contributed by atoms with Crippen molar-refractivity contribution in [3.05, 3.63) is 41.1 Å². The Bertz CT molecular complexity index is 835. The summed E-state index contributed by atoms with van der Waals surface area (Å²) in [6.45, 7) is 6.57. The highest BCUT2D eigenvalue weighted by atomic mass is 16.6. The zero-order valence-electron chi connectivity index (χ0n) is 15.8. The second-order valence-electron chi connectivity index (χ2n) is 7.83. The lowest BCUT2D eigenvalue weighted by Crippen LogP contribution is -2.51. The molecule has 0 spiro atoms. The number of nitrogens with zero attached hydrogens (tertiary/aromatic N) is 3. The largest absolute Gasteiger partial charge is 0.486 e. The first kappa shape index (κ1) is 16.8. The van der Waals surface area contributed by atoms with Gasteiger partial charge in [-0.3, -0.25) is 0 Å².